The number of carboxylic acid groups (broad SMARTS) is 1. The van der Waals surface area contributed by atoms with Crippen LogP contribution in [0.1, 0.15) is 11.3 Å². The lowest BCUT2D eigenvalue weighted by Gasteiger charge is -2.35. The number of anilines is 2. The Hall–Kier alpha value is -4.58. The molecule has 38 heavy (non-hydrogen) atoms. The molecule has 4 aromatic rings. The highest BCUT2D eigenvalue weighted by atomic mass is 32.2. The van der Waals surface area contributed by atoms with Crippen LogP contribution in [0.15, 0.2) is 65.7 Å². The molecular formula is C26H26N4O7S. The quantitative estimate of drug-likeness (QED) is 0.379. The lowest BCUT2D eigenvalue weighted by Crippen LogP contribution is -2.45. The lowest BCUT2D eigenvalue weighted by atomic mass is 10.1. The van der Waals surface area contributed by atoms with Crippen LogP contribution >= 0.6 is 0 Å². The zero-order valence-corrected chi connectivity index (χ0v) is 22.0. The minimum atomic E-state index is -3.87. The van der Waals surface area contributed by atoms with E-state index in [-0.39, 0.29) is 29.6 Å². The van der Waals surface area contributed by atoms with Crippen LogP contribution in [0.25, 0.3) is 11.0 Å². The van der Waals surface area contributed by atoms with Gasteiger partial charge < -0.3 is 14.6 Å². The molecule has 0 spiro atoms. The fraction of sp³-hybridized carbons (Fsp3) is 0.192. The standard InChI is InChI=1S/C25H24N4O5S.CH2O2/c1-16-10-22-23-17(14-26-24(22)29(16)35(31,32)21-8-6-5-7-9-21)15-28(25(30)27(23)2)18-11-19(33-3)13-20(12-18)34-4;2-1-3/h5-14H,15H2,1-4H3;1H,(H,2,3). The number of benzene rings is 2. The van der Waals surface area contributed by atoms with Gasteiger partial charge in [0.05, 0.1) is 37.0 Å². The first-order valence-corrected chi connectivity index (χ1v) is 12.8. The van der Waals surface area contributed by atoms with Gasteiger partial charge in [-0.2, -0.15) is 0 Å². The normalized spacial score (nSPS) is 13.0. The Morgan fingerprint density at radius 1 is 1.03 bits per heavy atom. The number of fused-ring (bicyclic) bond motifs is 3. The van der Waals surface area contributed by atoms with Crippen molar-refractivity contribution in [2.24, 2.45) is 0 Å². The van der Waals surface area contributed by atoms with Crippen molar-refractivity contribution in [3.8, 4) is 11.5 Å². The molecule has 0 saturated heterocycles. The SMILES string of the molecule is COc1cc(OC)cc(N2Cc3cnc4c(cc(C)n4S(=O)(=O)c4ccccc4)c3N(C)C2=O)c1.O=CO. The highest BCUT2D eigenvalue weighted by Gasteiger charge is 2.33. The summed E-state index contributed by atoms with van der Waals surface area (Å²) in [5, 5.41) is 7.48. The van der Waals surface area contributed by atoms with Gasteiger partial charge in [0.1, 0.15) is 11.5 Å². The number of aryl methyl sites for hydroxylation is 1. The molecule has 0 saturated carbocycles. The van der Waals surface area contributed by atoms with Gasteiger partial charge in [0, 0.05) is 48.1 Å². The van der Waals surface area contributed by atoms with Gasteiger partial charge >= 0.3 is 6.03 Å². The first kappa shape index (κ1) is 26.5. The van der Waals surface area contributed by atoms with E-state index in [4.69, 9.17) is 19.4 Å². The summed E-state index contributed by atoms with van der Waals surface area (Å²) in [6.45, 7) is 1.72. The molecule has 2 aromatic carbocycles. The highest BCUT2D eigenvalue weighted by Crippen LogP contribution is 2.39. The Morgan fingerprint density at radius 2 is 1.63 bits per heavy atom. The molecule has 3 heterocycles. The van der Waals surface area contributed by atoms with Crippen molar-refractivity contribution in [3.05, 3.63) is 72.1 Å². The molecule has 0 bridgehead atoms. The Labute approximate surface area is 219 Å². The third-order valence-corrected chi connectivity index (χ3v) is 7.93. The molecule has 2 amide bonds. The van der Waals surface area contributed by atoms with Gasteiger partial charge in [-0.15, -0.1) is 0 Å². The fourth-order valence-corrected chi connectivity index (χ4v) is 5.97. The Kier molecular flexibility index (Phi) is 7.26. The molecule has 0 aliphatic carbocycles. The lowest BCUT2D eigenvalue weighted by molar-refractivity contribution is -0.122. The Bertz CT molecular complexity index is 1600. The number of hydrogen-bond acceptors (Lipinski definition) is 7. The monoisotopic (exact) mass is 538 g/mol. The summed E-state index contributed by atoms with van der Waals surface area (Å²) in [6, 6.07) is 15.0. The van der Waals surface area contributed by atoms with Gasteiger partial charge in [0.25, 0.3) is 16.5 Å². The molecule has 0 radical (unpaired) electrons. The van der Waals surface area contributed by atoms with Gasteiger partial charge in [-0.3, -0.25) is 14.6 Å². The van der Waals surface area contributed by atoms with Crippen LogP contribution in [0.3, 0.4) is 0 Å². The largest absolute Gasteiger partial charge is 0.497 e. The second kappa shape index (κ2) is 10.4. The molecule has 11 nitrogen and oxygen atoms in total. The van der Waals surface area contributed by atoms with Crippen LogP contribution in [-0.4, -0.2) is 56.3 Å². The number of carbonyl (C=O) groups is 2. The molecule has 0 fully saturated rings. The summed E-state index contributed by atoms with van der Waals surface area (Å²) in [6.07, 6.45) is 1.63. The van der Waals surface area contributed by atoms with E-state index in [1.165, 1.54) is 8.87 Å². The van der Waals surface area contributed by atoms with Crippen molar-refractivity contribution in [1.29, 1.82) is 0 Å². The molecule has 198 valence electrons. The number of ether oxygens (including phenoxy) is 2. The number of nitrogens with zero attached hydrogens (tertiary/aromatic N) is 4. The van der Waals surface area contributed by atoms with Crippen molar-refractivity contribution >= 4 is 44.9 Å². The molecule has 12 heteroatoms. The summed E-state index contributed by atoms with van der Waals surface area (Å²) in [4.78, 5) is 29.7. The number of pyridine rings is 1. The average Bonchev–Trinajstić information content (AvgIpc) is 3.27. The summed E-state index contributed by atoms with van der Waals surface area (Å²) in [7, 11) is 0.904. The van der Waals surface area contributed by atoms with Gasteiger partial charge in [-0.05, 0) is 25.1 Å². The molecule has 5 rings (SSSR count). The fourth-order valence-electron chi connectivity index (χ4n) is 4.46. The zero-order chi connectivity index (χ0) is 27.6. The number of methoxy groups -OCH3 is 2. The van der Waals surface area contributed by atoms with E-state index < -0.39 is 10.0 Å². The first-order chi connectivity index (χ1) is 18.2. The average molecular weight is 539 g/mol. The number of urea groups is 1. The van der Waals surface area contributed by atoms with Crippen molar-refractivity contribution in [2.45, 2.75) is 18.4 Å². The predicted molar refractivity (Wildman–Crippen MR) is 142 cm³/mol. The number of aromatic nitrogens is 2. The third-order valence-electron chi connectivity index (χ3n) is 6.12. The zero-order valence-electron chi connectivity index (χ0n) is 21.2. The molecular weight excluding hydrogens is 512 g/mol. The maximum atomic E-state index is 13.5. The van der Waals surface area contributed by atoms with Gasteiger partial charge in [0.15, 0.2) is 5.65 Å². The van der Waals surface area contributed by atoms with E-state index in [9.17, 15) is 13.2 Å². The van der Waals surface area contributed by atoms with Crippen molar-refractivity contribution in [2.75, 3.05) is 31.1 Å². The van der Waals surface area contributed by atoms with E-state index in [1.807, 2.05) is 0 Å². The third kappa shape index (κ3) is 4.50. The molecule has 1 aliphatic rings. The Morgan fingerprint density at radius 3 is 2.21 bits per heavy atom. The number of rotatable bonds is 5. The number of amides is 2. The van der Waals surface area contributed by atoms with E-state index in [0.29, 0.717) is 34.0 Å². The van der Waals surface area contributed by atoms with Crippen LogP contribution in [0.4, 0.5) is 16.2 Å². The van der Waals surface area contributed by atoms with Gasteiger partial charge in [-0.25, -0.2) is 22.2 Å². The Balaban J connectivity index is 0.00000107. The van der Waals surface area contributed by atoms with Crippen LogP contribution in [0, 0.1) is 6.92 Å². The summed E-state index contributed by atoms with van der Waals surface area (Å²) in [5.41, 5.74) is 2.82. The summed E-state index contributed by atoms with van der Waals surface area (Å²) >= 11 is 0. The van der Waals surface area contributed by atoms with Gasteiger partial charge in [0.2, 0.25) is 0 Å². The topological polar surface area (TPSA) is 131 Å². The minimum Gasteiger partial charge on any atom is -0.497 e. The minimum absolute atomic E-state index is 0.169. The van der Waals surface area contributed by atoms with Crippen LogP contribution in [-0.2, 0) is 21.4 Å². The molecule has 0 unspecified atom stereocenters. The molecule has 1 N–H and O–H groups in total. The van der Waals surface area contributed by atoms with E-state index in [0.717, 1.165) is 5.56 Å². The van der Waals surface area contributed by atoms with E-state index in [2.05, 4.69) is 4.98 Å². The molecule has 2 aromatic heterocycles. The molecule has 0 atom stereocenters. The molecule has 1 aliphatic heterocycles. The highest BCUT2D eigenvalue weighted by molar-refractivity contribution is 7.90. The van der Waals surface area contributed by atoms with Crippen LogP contribution < -0.4 is 19.3 Å². The van der Waals surface area contributed by atoms with Crippen LogP contribution in [0.2, 0.25) is 0 Å². The summed E-state index contributed by atoms with van der Waals surface area (Å²) in [5.74, 6) is 1.13. The van der Waals surface area contributed by atoms with Crippen molar-refractivity contribution < 1.29 is 32.6 Å². The smallest absolute Gasteiger partial charge is 0.329 e. The van der Waals surface area contributed by atoms with Crippen molar-refractivity contribution in [3.63, 3.8) is 0 Å². The second-order valence-electron chi connectivity index (χ2n) is 8.34. The maximum Gasteiger partial charge on any atom is 0.329 e. The van der Waals surface area contributed by atoms with Gasteiger partial charge in [-0.1, -0.05) is 18.2 Å². The first-order valence-electron chi connectivity index (χ1n) is 11.3. The number of carbonyl (C=O) groups excluding carboxylic acids is 1. The van der Waals surface area contributed by atoms with E-state index >= 15 is 0 Å². The second-order valence-corrected chi connectivity index (χ2v) is 10.1. The summed E-state index contributed by atoms with van der Waals surface area (Å²) < 4.78 is 38.8. The number of hydrogen-bond donors (Lipinski definition) is 1. The van der Waals surface area contributed by atoms with Crippen LogP contribution in [0.5, 0.6) is 11.5 Å². The van der Waals surface area contributed by atoms with E-state index in [1.54, 1.807) is 93.9 Å². The van der Waals surface area contributed by atoms with Crippen molar-refractivity contribution in [1.82, 2.24) is 8.96 Å². The maximum absolute atomic E-state index is 13.5. The predicted octanol–water partition coefficient (Wildman–Crippen LogP) is 3.88.